The molecule has 0 aliphatic heterocycles. The van der Waals surface area contributed by atoms with Crippen LogP contribution in [0.5, 0.6) is 0 Å². The Hall–Kier alpha value is 0.250. The van der Waals surface area contributed by atoms with Crippen LogP contribution in [0, 0.1) is 0 Å². The highest BCUT2D eigenvalue weighted by Gasteiger charge is 2.33. The fraction of sp³-hybridized carbons (Fsp3) is 1.00. The molecule has 0 atom stereocenters. The van der Waals surface area contributed by atoms with Crippen molar-refractivity contribution >= 4 is 12.4 Å². The lowest BCUT2D eigenvalue weighted by Gasteiger charge is -2.44. The van der Waals surface area contributed by atoms with Crippen LogP contribution in [0.4, 0.5) is 0 Å². The van der Waals surface area contributed by atoms with Crippen molar-refractivity contribution in [2.24, 2.45) is 0 Å². The van der Waals surface area contributed by atoms with E-state index >= 15 is 0 Å². The van der Waals surface area contributed by atoms with Gasteiger partial charge in [-0.05, 0) is 32.4 Å². The van der Waals surface area contributed by atoms with E-state index in [0.29, 0.717) is 5.54 Å². The van der Waals surface area contributed by atoms with E-state index in [0.717, 1.165) is 0 Å². The van der Waals surface area contributed by atoms with Crippen molar-refractivity contribution in [3.8, 4) is 0 Å². The van der Waals surface area contributed by atoms with Crippen LogP contribution in [-0.4, -0.2) is 23.5 Å². The number of rotatable bonds is 49. The SMILES string of the molecule is CCCCCCCCCCCCCCCCCCCCC(CCCCCCCCC)(CCCCCCCCCCCCCCCCCCCC)N(CC)CC.Cl. The zero-order valence-corrected chi connectivity index (χ0v) is 41.1. The highest BCUT2D eigenvalue weighted by atomic mass is 35.5. The van der Waals surface area contributed by atoms with Gasteiger partial charge in [-0.25, -0.2) is 0 Å². The van der Waals surface area contributed by atoms with Crippen LogP contribution in [0.3, 0.4) is 0 Å². The molecule has 0 bridgehead atoms. The molecule has 0 aliphatic rings. The van der Waals surface area contributed by atoms with E-state index in [4.69, 9.17) is 0 Å². The summed E-state index contributed by atoms with van der Waals surface area (Å²) < 4.78 is 0. The van der Waals surface area contributed by atoms with Crippen molar-refractivity contribution in [2.45, 2.75) is 336 Å². The molecule has 0 saturated heterocycles. The number of hydrogen-bond donors (Lipinski definition) is 0. The molecule has 0 unspecified atom stereocenters. The van der Waals surface area contributed by atoms with Crippen LogP contribution >= 0.6 is 12.4 Å². The second kappa shape index (κ2) is 49.6. The molecule has 0 radical (unpaired) electrons. The van der Waals surface area contributed by atoms with E-state index < -0.39 is 0 Å². The molecule has 340 valence electrons. The van der Waals surface area contributed by atoms with Gasteiger partial charge in [-0.2, -0.15) is 0 Å². The molecule has 0 heterocycles. The minimum absolute atomic E-state index is 0. The Labute approximate surface area is 364 Å². The lowest BCUT2D eigenvalue weighted by atomic mass is 9.80. The molecule has 0 saturated carbocycles. The maximum atomic E-state index is 2.94. The number of hydrogen-bond acceptors (Lipinski definition) is 1. The number of halogens is 1. The van der Waals surface area contributed by atoms with Gasteiger partial charge in [0.15, 0.2) is 0 Å². The predicted octanol–water partition coefficient (Wildman–Crippen LogP) is 20.5. The van der Waals surface area contributed by atoms with Crippen LogP contribution in [0.25, 0.3) is 0 Å². The summed E-state index contributed by atoms with van der Waals surface area (Å²) in [6.07, 6.45) is 67.5. The van der Waals surface area contributed by atoms with Crippen LogP contribution < -0.4 is 0 Å². The maximum Gasteiger partial charge on any atom is 0.0209 e. The summed E-state index contributed by atoms with van der Waals surface area (Å²) in [6.45, 7) is 14.4. The van der Waals surface area contributed by atoms with E-state index in [1.807, 2.05) is 0 Å². The van der Waals surface area contributed by atoms with E-state index in [1.165, 1.54) is 308 Å². The Morgan fingerprint density at radius 3 is 0.500 bits per heavy atom. The maximum absolute atomic E-state index is 2.94. The van der Waals surface area contributed by atoms with E-state index in [-0.39, 0.29) is 12.4 Å². The molecule has 0 aromatic heterocycles. The van der Waals surface area contributed by atoms with E-state index in [1.54, 1.807) is 0 Å². The second-order valence-electron chi connectivity index (χ2n) is 18.8. The standard InChI is InChI=1S/C54H111N.ClH/c1-6-11-14-17-20-22-24-26-28-30-32-34-36-38-40-43-46-49-52-54(55(9-4)10-5,51-48-45-42-19-16-13-8-3)53-50-47-44-41-39-37-35-33-31-29-27-25-23-21-18-15-12-7-2;/h6-53H2,1-5H3;1H. The van der Waals surface area contributed by atoms with Crippen LogP contribution in [-0.2, 0) is 0 Å². The summed E-state index contributed by atoms with van der Waals surface area (Å²) in [4.78, 5) is 2.94. The molecular weight excluding hydrogens is 698 g/mol. The van der Waals surface area contributed by atoms with E-state index in [2.05, 4.69) is 39.5 Å². The van der Waals surface area contributed by atoms with Gasteiger partial charge in [0.25, 0.3) is 0 Å². The quantitative estimate of drug-likeness (QED) is 0.0553. The summed E-state index contributed by atoms with van der Waals surface area (Å²) in [5.41, 5.74) is 0.469. The van der Waals surface area contributed by atoms with Crippen molar-refractivity contribution in [3.63, 3.8) is 0 Å². The van der Waals surface area contributed by atoms with Gasteiger partial charge < -0.3 is 0 Å². The molecule has 0 N–H and O–H groups in total. The topological polar surface area (TPSA) is 3.24 Å². The molecule has 0 spiro atoms. The molecule has 0 aromatic rings. The fourth-order valence-corrected chi connectivity index (χ4v) is 9.87. The summed E-state index contributed by atoms with van der Waals surface area (Å²) in [5, 5.41) is 0. The Morgan fingerprint density at radius 2 is 0.357 bits per heavy atom. The average Bonchev–Trinajstić information content (AvgIpc) is 3.20. The van der Waals surface area contributed by atoms with Gasteiger partial charge in [0.2, 0.25) is 0 Å². The third-order valence-electron chi connectivity index (χ3n) is 13.7. The summed E-state index contributed by atoms with van der Waals surface area (Å²) in [5.74, 6) is 0. The zero-order valence-electron chi connectivity index (χ0n) is 40.3. The minimum atomic E-state index is 0. The zero-order chi connectivity index (χ0) is 40.0. The van der Waals surface area contributed by atoms with Gasteiger partial charge in [0, 0.05) is 5.54 Å². The molecule has 1 nitrogen and oxygen atoms in total. The first-order valence-electron chi connectivity index (χ1n) is 27.0. The first-order valence-corrected chi connectivity index (χ1v) is 27.0. The molecule has 0 aromatic carbocycles. The average molecular weight is 811 g/mol. The van der Waals surface area contributed by atoms with E-state index in [9.17, 15) is 0 Å². The number of nitrogens with zero attached hydrogens (tertiary/aromatic N) is 1. The molecule has 56 heavy (non-hydrogen) atoms. The molecule has 0 fully saturated rings. The summed E-state index contributed by atoms with van der Waals surface area (Å²) in [6, 6.07) is 0. The van der Waals surface area contributed by atoms with Gasteiger partial charge in [0.1, 0.15) is 0 Å². The van der Waals surface area contributed by atoms with Crippen molar-refractivity contribution in [1.29, 1.82) is 0 Å². The molecule has 2 heteroatoms. The fourth-order valence-electron chi connectivity index (χ4n) is 9.87. The van der Waals surface area contributed by atoms with Crippen LogP contribution in [0.1, 0.15) is 330 Å². The van der Waals surface area contributed by atoms with Crippen molar-refractivity contribution < 1.29 is 0 Å². The van der Waals surface area contributed by atoms with Gasteiger partial charge in [-0.15, -0.1) is 12.4 Å². The molecule has 0 aliphatic carbocycles. The third-order valence-corrected chi connectivity index (χ3v) is 13.7. The molecular formula is C54H112ClN. The number of unbranched alkanes of at least 4 members (excludes halogenated alkanes) is 40. The van der Waals surface area contributed by atoms with Crippen molar-refractivity contribution in [1.82, 2.24) is 4.90 Å². The summed E-state index contributed by atoms with van der Waals surface area (Å²) >= 11 is 0. The largest absolute Gasteiger partial charge is 0.298 e. The van der Waals surface area contributed by atoms with Crippen LogP contribution in [0.2, 0.25) is 0 Å². The monoisotopic (exact) mass is 810 g/mol. The first kappa shape index (κ1) is 58.3. The van der Waals surface area contributed by atoms with Crippen molar-refractivity contribution in [2.75, 3.05) is 13.1 Å². The minimum Gasteiger partial charge on any atom is -0.298 e. The predicted molar refractivity (Wildman–Crippen MR) is 262 cm³/mol. The summed E-state index contributed by atoms with van der Waals surface area (Å²) in [7, 11) is 0. The molecule has 0 amide bonds. The lowest BCUT2D eigenvalue weighted by molar-refractivity contribution is 0.0624. The Morgan fingerprint density at radius 1 is 0.214 bits per heavy atom. The van der Waals surface area contributed by atoms with Crippen LogP contribution in [0.15, 0.2) is 0 Å². The third kappa shape index (κ3) is 39.7. The van der Waals surface area contributed by atoms with Crippen molar-refractivity contribution in [3.05, 3.63) is 0 Å². The van der Waals surface area contributed by atoms with Gasteiger partial charge >= 0.3 is 0 Å². The first-order chi connectivity index (χ1) is 27.2. The smallest absolute Gasteiger partial charge is 0.0209 e. The Kier molecular flexibility index (Phi) is 51.7. The highest BCUT2D eigenvalue weighted by molar-refractivity contribution is 5.85. The Balaban J connectivity index is 0. The van der Waals surface area contributed by atoms with Gasteiger partial charge in [0.05, 0.1) is 0 Å². The highest BCUT2D eigenvalue weighted by Crippen LogP contribution is 2.35. The molecule has 0 rings (SSSR count). The lowest BCUT2D eigenvalue weighted by Crippen LogP contribution is -2.48. The Bertz CT molecular complexity index is 633. The van der Waals surface area contributed by atoms with Gasteiger partial charge in [-0.3, -0.25) is 4.90 Å². The van der Waals surface area contributed by atoms with Gasteiger partial charge in [-0.1, -0.05) is 311 Å². The normalized spacial score (nSPS) is 11.9. The second-order valence-corrected chi connectivity index (χ2v) is 18.8.